The summed E-state index contributed by atoms with van der Waals surface area (Å²) in [6.45, 7) is 9.62. The van der Waals surface area contributed by atoms with Gasteiger partial charge in [-0.15, -0.1) is 0 Å². The number of halogens is 1. The van der Waals surface area contributed by atoms with Gasteiger partial charge >= 0.3 is 0 Å². The number of hydrogen-bond acceptors (Lipinski definition) is 3. The first kappa shape index (κ1) is 14.9. The van der Waals surface area contributed by atoms with Gasteiger partial charge in [0.1, 0.15) is 0 Å². The molecule has 0 atom stereocenters. The van der Waals surface area contributed by atoms with Crippen molar-refractivity contribution in [3.8, 4) is 0 Å². The zero-order valence-electron chi connectivity index (χ0n) is 11.7. The maximum Gasteiger partial charge on any atom is 0.171 e. The average molecular weight is 254 g/mol. The molecule has 102 valence electrons. The second-order valence-corrected chi connectivity index (χ2v) is 5.46. The second kappa shape index (κ2) is 6.69. The van der Waals surface area contributed by atoms with Crippen molar-refractivity contribution in [3.63, 3.8) is 0 Å². The minimum atomic E-state index is -0.402. The molecule has 1 rings (SSSR count). The molecule has 1 aromatic heterocycles. The molecule has 0 saturated carbocycles. The van der Waals surface area contributed by atoms with Gasteiger partial charge in [-0.3, -0.25) is 0 Å². The van der Waals surface area contributed by atoms with Gasteiger partial charge in [-0.2, -0.15) is 0 Å². The van der Waals surface area contributed by atoms with E-state index in [0.29, 0.717) is 23.2 Å². The Labute approximate surface area is 109 Å². The molecule has 0 spiro atoms. The molecule has 0 unspecified atom stereocenters. The highest BCUT2D eigenvalue weighted by Gasteiger charge is 2.17. The van der Waals surface area contributed by atoms with Crippen molar-refractivity contribution in [2.24, 2.45) is 11.8 Å². The molecule has 18 heavy (non-hydrogen) atoms. The van der Waals surface area contributed by atoms with E-state index in [0.717, 1.165) is 13.1 Å². The summed E-state index contributed by atoms with van der Waals surface area (Å²) in [7, 11) is 0. The predicted molar refractivity (Wildman–Crippen MR) is 72.0 cm³/mol. The van der Waals surface area contributed by atoms with Crippen LogP contribution in [0.5, 0.6) is 0 Å². The molecule has 0 aliphatic heterocycles. The van der Waals surface area contributed by atoms with Gasteiger partial charge in [0.2, 0.25) is 0 Å². The average Bonchev–Trinajstić information content (AvgIpc) is 2.27. The van der Waals surface area contributed by atoms with E-state index in [4.69, 9.17) is 5.11 Å². The van der Waals surface area contributed by atoms with Crippen LogP contribution in [0.2, 0.25) is 0 Å². The lowest BCUT2D eigenvalue weighted by atomic mass is 10.1. The summed E-state index contributed by atoms with van der Waals surface area (Å²) < 4.78 is 14.2. The van der Waals surface area contributed by atoms with Crippen molar-refractivity contribution in [1.29, 1.82) is 0 Å². The highest BCUT2D eigenvalue weighted by molar-refractivity contribution is 5.43. The van der Waals surface area contributed by atoms with E-state index in [1.807, 2.05) is 4.90 Å². The zero-order chi connectivity index (χ0) is 13.7. The van der Waals surface area contributed by atoms with Gasteiger partial charge in [0.15, 0.2) is 11.6 Å². The van der Waals surface area contributed by atoms with E-state index >= 15 is 0 Å². The van der Waals surface area contributed by atoms with Gasteiger partial charge in [-0.05, 0) is 17.9 Å². The molecule has 0 radical (unpaired) electrons. The van der Waals surface area contributed by atoms with Crippen LogP contribution in [-0.4, -0.2) is 23.2 Å². The van der Waals surface area contributed by atoms with E-state index in [1.165, 1.54) is 6.07 Å². The third-order valence-electron chi connectivity index (χ3n) is 2.59. The number of aromatic nitrogens is 1. The quantitative estimate of drug-likeness (QED) is 0.848. The third-order valence-corrected chi connectivity index (χ3v) is 2.59. The lowest BCUT2D eigenvalue weighted by Gasteiger charge is -2.28. The lowest BCUT2D eigenvalue weighted by molar-refractivity contribution is 0.275. The smallest absolute Gasteiger partial charge is 0.171 e. The Kier molecular flexibility index (Phi) is 5.54. The normalized spacial score (nSPS) is 11.3. The number of hydrogen-bond donors (Lipinski definition) is 1. The maximum atomic E-state index is 14.2. The zero-order valence-corrected chi connectivity index (χ0v) is 11.7. The largest absolute Gasteiger partial charge is 0.392 e. The van der Waals surface area contributed by atoms with Crippen LogP contribution >= 0.6 is 0 Å². The van der Waals surface area contributed by atoms with Gasteiger partial charge in [0.05, 0.1) is 6.61 Å². The van der Waals surface area contributed by atoms with Crippen LogP contribution < -0.4 is 4.90 Å². The Morgan fingerprint density at radius 1 is 1.22 bits per heavy atom. The molecule has 0 aromatic carbocycles. The van der Waals surface area contributed by atoms with Crippen molar-refractivity contribution in [2.45, 2.75) is 34.3 Å². The Morgan fingerprint density at radius 2 is 1.78 bits per heavy atom. The molecule has 0 aliphatic carbocycles. The summed E-state index contributed by atoms with van der Waals surface area (Å²) in [6.07, 6.45) is 1.55. The number of nitrogens with zero attached hydrogens (tertiary/aromatic N) is 2. The van der Waals surface area contributed by atoms with Crippen LogP contribution in [0.15, 0.2) is 12.3 Å². The van der Waals surface area contributed by atoms with E-state index in [9.17, 15) is 4.39 Å². The Balaban J connectivity index is 3.03. The monoisotopic (exact) mass is 254 g/mol. The van der Waals surface area contributed by atoms with E-state index in [1.54, 1.807) is 6.20 Å². The van der Waals surface area contributed by atoms with E-state index < -0.39 is 5.82 Å². The van der Waals surface area contributed by atoms with Crippen molar-refractivity contribution in [1.82, 2.24) is 4.98 Å². The highest BCUT2D eigenvalue weighted by atomic mass is 19.1. The minimum Gasteiger partial charge on any atom is -0.392 e. The molecule has 0 aliphatic rings. The van der Waals surface area contributed by atoms with Crippen LogP contribution in [0, 0.1) is 17.7 Å². The fraction of sp³-hybridized carbons (Fsp3) is 0.643. The molecule has 1 aromatic rings. The number of pyridine rings is 1. The van der Waals surface area contributed by atoms with Crippen molar-refractivity contribution >= 4 is 5.82 Å². The van der Waals surface area contributed by atoms with Gasteiger partial charge in [0, 0.05) is 24.8 Å². The summed E-state index contributed by atoms with van der Waals surface area (Å²) in [5, 5.41) is 9.10. The highest BCUT2D eigenvalue weighted by Crippen LogP contribution is 2.21. The van der Waals surface area contributed by atoms with Crippen LogP contribution in [0.25, 0.3) is 0 Å². The first-order valence-electron chi connectivity index (χ1n) is 6.44. The molecule has 0 bridgehead atoms. The van der Waals surface area contributed by atoms with Crippen molar-refractivity contribution in [2.75, 3.05) is 18.0 Å². The number of aliphatic hydroxyl groups is 1. The maximum absolute atomic E-state index is 14.2. The van der Waals surface area contributed by atoms with Gasteiger partial charge in [0.25, 0.3) is 0 Å². The van der Waals surface area contributed by atoms with Gasteiger partial charge < -0.3 is 10.0 Å². The number of anilines is 1. The molecule has 1 heterocycles. The Bertz CT molecular complexity index is 370. The predicted octanol–water partition coefficient (Wildman–Crippen LogP) is 2.83. The first-order chi connectivity index (χ1) is 8.45. The van der Waals surface area contributed by atoms with Crippen molar-refractivity contribution < 1.29 is 9.50 Å². The molecule has 3 nitrogen and oxygen atoms in total. The summed E-state index contributed by atoms with van der Waals surface area (Å²) in [5.41, 5.74) is 0.303. The Morgan fingerprint density at radius 3 is 2.22 bits per heavy atom. The van der Waals surface area contributed by atoms with Crippen LogP contribution in [0.3, 0.4) is 0 Å². The molecule has 0 amide bonds. The summed E-state index contributed by atoms with van der Waals surface area (Å²) in [4.78, 5) is 6.10. The van der Waals surface area contributed by atoms with Crippen molar-refractivity contribution in [3.05, 3.63) is 23.6 Å². The fourth-order valence-electron chi connectivity index (χ4n) is 1.94. The summed E-state index contributed by atoms with van der Waals surface area (Å²) in [6, 6.07) is 1.52. The van der Waals surface area contributed by atoms with E-state index in [-0.39, 0.29) is 6.61 Å². The number of aliphatic hydroxyl groups excluding tert-OH is 1. The lowest BCUT2D eigenvalue weighted by Crippen LogP contribution is -2.33. The standard InChI is InChI=1S/C14H23FN2O/c1-10(2)7-17(8-11(3)4)14-13(15)12(9-18)5-6-16-14/h5-6,10-11,18H,7-9H2,1-4H3. The molecule has 0 fully saturated rings. The molecule has 1 N–H and O–H groups in total. The molecular weight excluding hydrogens is 231 g/mol. The molecular formula is C14H23FN2O. The Hall–Kier alpha value is -1.16. The fourth-order valence-corrected chi connectivity index (χ4v) is 1.94. The third kappa shape index (κ3) is 3.95. The minimum absolute atomic E-state index is 0.293. The number of rotatable bonds is 6. The molecule has 0 saturated heterocycles. The second-order valence-electron chi connectivity index (χ2n) is 5.46. The van der Waals surface area contributed by atoms with Gasteiger partial charge in [-0.25, -0.2) is 9.37 Å². The first-order valence-corrected chi connectivity index (χ1v) is 6.44. The summed E-state index contributed by atoms with van der Waals surface area (Å²) >= 11 is 0. The topological polar surface area (TPSA) is 36.4 Å². The van der Waals surface area contributed by atoms with Crippen LogP contribution in [0.4, 0.5) is 10.2 Å². The SMILES string of the molecule is CC(C)CN(CC(C)C)c1nccc(CO)c1F. The molecule has 4 heteroatoms. The van der Waals surface area contributed by atoms with E-state index in [2.05, 4.69) is 32.7 Å². The van der Waals surface area contributed by atoms with Crippen LogP contribution in [-0.2, 0) is 6.61 Å². The summed E-state index contributed by atoms with van der Waals surface area (Å²) in [5.74, 6) is 0.815. The van der Waals surface area contributed by atoms with Crippen LogP contribution in [0.1, 0.15) is 33.3 Å². The van der Waals surface area contributed by atoms with Gasteiger partial charge in [-0.1, -0.05) is 27.7 Å².